The third-order valence-electron chi connectivity index (χ3n) is 2.48. The molecule has 0 aliphatic heterocycles. The normalized spacial score (nSPS) is 10.2. The van der Waals surface area contributed by atoms with E-state index in [-0.39, 0.29) is 0 Å². The van der Waals surface area contributed by atoms with Crippen LogP contribution in [0.25, 0.3) is 0 Å². The molecular formula is C14H15NOS. The number of nitrogens with two attached hydrogens (primary N) is 1. The van der Waals surface area contributed by atoms with Gasteiger partial charge in [-0.25, -0.2) is 0 Å². The van der Waals surface area contributed by atoms with Crippen molar-refractivity contribution in [2.75, 3.05) is 12.8 Å². The van der Waals surface area contributed by atoms with Gasteiger partial charge in [-0.1, -0.05) is 36.4 Å². The SMILES string of the molecule is COc1cccc(SCc2ccccc2)c1N. The predicted molar refractivity (Wildman–Crippen MR) is 73.4 cm³/mol. The summed E-state index contributed by atoms with van der Waals surface area (Å²) < 4.78 is 5.20. The zero-order chi connectivity index (χ0) is 12.1. The van der Waals surface area contributed by atoms with Crippen LogP contribution in [0.5, 0.6) is 5.75 Å². The molecule has 0 radical (unpaired) electrons. The third-order valence-corrected chi connectivity index (χ3v) is 3.63. The van der Waals surface area contributed by atoms with Gasteiger partial charge in [-0.2, -0.15) is 0 Å². The zero-order valence-electron chi connectivity index (χ0n) is 9.72. The maximum Gasteiger partial charge on any atom is 0.142 e. The van der Waals surface area contributed by atoms with E-state index >= 15 is 0 Å². The van der Waals surface area contributed by atoms with Gasteiger partial charge in [0.1, 0.15) is 5.75 Å². The summed E-state index contributed by atoms with van der Waals surface area (Å²) in [4.78, 5) is 1.06. The molecule has 3 heteroatoms. The van der Waals surface area contributed by atoms with Gasteiger partial charge in [0.05, 0.1) is 12.8 Å². The van der Waals surface area contributed by atoms with Gasteiger partial charge in [-0.3, -0.25) is 0 Å². The molecule has 0 aromatic heterocycles. The van der Waals surface area contributed by atoms with Crippen LogP contribution in [0.1, 0.15) is 5.56 Å². The fraction of sp³-hybridized carbons (Fsp3) is 0.143. The van der Waals surface area contributed by atoms with Gasteiger partial charge in [0, 0.05) is 10.6 Å². The van der Waals surface area contributed by atoms with Crippen molar-refractivity contribution in [1.82, 2.24) is 0 Å². The molecule has 0 amide bonds. The standard InChI is InChI=1S/C14H15NOS/c1-16-12-8-5-9-13(14(12)15)17-10-11-6-3-2-4-7-11/h2-9H,10,15H2,1H3. The number of nitrogen functional groups attached to an aromatic ring is 1. The van der Waals surface area contributed by atoms with Crippen molar-refractivity contribution < 1.29 is 4.74 Å². The van der Waals surface area contributed by atoms with Gasteiger partial charge in [0.15, 0.2) is 0 Å². The van der Waals surface area contributed by atoms with E-state index in [0.717, 1.165) is 22.1 Å². The Kier molecular flexibility index (Phi) is 3.94. The molecule has 0 aliphatic carbocycles. The topological polar surface area (TPSA) is 35.2 Å². The average molecular weight is 245 g/mol. The predicted octanol–water partition coefficient (Wildman–Crippen LogP) is 3.57. The number of anilines is 1. The molecule has 0 bridgehead atoms. The summed E-state index contributed by atoms with van der Waals surface area (Å²) in [5, 5.41) is 0. The highest BCUT2D eigenvalue weighted by Crippen LogP contribution is 2.33. The minimum atomic E-state index is 0.718. The van der Waals surface area contributed by atoms with E-state index < -0.39 is 0 Å². The maximum absolute atomic E-state index is 6.01. The molecule has 0 heterocycles. The Morgan fingerprint density at radius 1 is 1.06 bits per heavy atom. The Morgan fingerprint density at radius 3 is 2.53 bits per heavy atom. The second-order valence-corrected chi connectivity index (χ2v) is 4.66. The Balaban J connectivity index is 2.09. The minimum absolute atomic E-state index is 0.718. The number of para-hydroxylation sites is 1. The highest BCUT2D eigenvalue weighted by Gasteiger charge is 2.05. The van der Waals surface area contributed by atoms with Gasteiger partial charge in [-0.05, 0) is 17.7 Å². The molecule has 0 spiro atoms. The molecule has 0 aliphatic rings. The Hall–Kier alpha value is -1.61. The van der Waals surface area contributed by atoms with Gasteiger partial charge in [0.25, 0.3) is 0 Å². The molecule has 2 N–H and O–H groups in total. The van der Waals surface area contributed by atoms with Gasteiger partial charge in [-0.15, -0.1) is 11.8 Å². The second kappa shape index (κ2) is 5.64. The molecule has 88 valence electrons. The number of hydrogen-bond acceptors (Lipinski definition) is 3. The van der Waals surface area contributed by atoms with E-state index in [1.807, 2.05) is 36.4 Å². The van der Waals surface area contributed by atoms with Crippen LogP contribution in [0.15, 0.2) is 53.4 Å². The fourth-order valence-corrected chi connectivity index (χ4v) is 2.51. The third kappa shape index (κ3) is 2.94. The second-order valence-electron chi connectivity index (χ2n) is 3.65. The van der Waals surface area contributed by atoms with Crippen molar-refractivity contribution in [2.24, 2.45) is 0 Å². The summed E-state index contributed by atoms with van der Waals surface area (Å²) >= 11 is 1.72. The van der Waals surface area contributed by atoms with Crippen LogP contribution >= 0.6 is 11.8 Å². The average Bonchev–Trinajstić information content (AvgIpc) is 2.39. The van der Waals surface area contributed by atoms with Crippen molar-refractivity contribution >= 4 is 17.4 Å². The lowest BCUT2D eigenvalue weighted by Crippen LogP contribution is -1.94. The zero-order valence-corrected chi connectivity index (χ0v) is 10.5. The minimum Gasteiger partial charge on any atom is -0.495 e. The first kappa shape index (κ1) is 11.9. The van der Waals surface area contributed by atoms with Crippen LogP contribution in [-0.2, 0) is 5.75 Å². The molecule has 2 aromatic rings. The summed E-state index contributed by atoms with van der Waals surface area (Å²) in [6.07, 6.45) is 0. The number of ether oxygens (including phenoxy) is 1. The summed E-state index contributed by atoms with van der Waals surface area (Å²) in [5.74, 6) is 1.65. The monoisotopic (exact) mass is 245 g/mol. The van der Waals surface area contributed by atoms with Crippen LogP contribution in [0.3, 0.4) is 0 Å². The number of thioether (sulfide) groups is 1. The van der Waals surface area contributed by atoms with Gasteiger partial charge in [0.2, 0.25) is 0 Å². The Morgan fingerprint density at radius 2 is 1.82 bits per heavy atom. The van der Waals surface area contributed by atoms with Crippen LogP contribution in [0.2, 0.25) is 0 Å². The van der Waals surface area contributed by atoms with Crippen molar-refractivity contribution in [2.45, 2.75) is 10.6 Å². The number of hydrogen-bond donors (Lipinski definition) is 1. The van der Waals surface area contributed by atoms with Crippen LogP contribution < -0.4 is 10.5 Å². The van der Waals surface area contributed by atoms with Crippen molar-refractivity contribution in [3.8, 4) is 5.75 Å². The highest BCUT2D eigenvalue weighted by atomic mass is 32.2. The maximum atomic E-state index is 6.01. The van der Waals surface area contributed by atoms with Crippen LogP contribution in [-0.4, -0.2) is 7.11 Å². The number of methoxy groups -OCH3 is 1. The lowest BCUT2D eigenvalue weighted by Gasteiger charge is -2.09. The number of rotatable bonds is 4. The van der Waals surface area contributed by atoms with E-state index in [1.54, 1.807) is 18.9 Å². The molecule has 0 saturated carbocycles. The first-order chi connectivity index (χ1) is 8.31. The van der Waals surface area contributed by atoms with E-state index in [1.165, 1.54) is 5.56 Å². The lowest BCUT2D eigenvalue weighted by atomic mass is 10.2. The molecule has 0 unspecified atom stereocenters. The molecular weight excluding hydrogens is 230 g/mol. The van der Waals surface area contributed by atoms with E-state index in [2.05, 4.69) is 12.1 Å². The van der Waals surface area contributed by atoms with Crippen LogP contribution in [0.4, 0.5) is 5.69 Å². The molecule has 17 heavy (non-hydrogen) atoms. The largest absolute Gasteiger partial charge is 0.495 e. The first-order valence-electron chi connectivity index (χ1n) is 5.40. The Bertz CT molecular complexity index is 485. The molecule has 2 aromatic carbocycles. The molecule has 0 fully saturated rings. The summed E-state index contributed by atoms with van der Waals surface area (Å²) in [6.45, 7) is 0. The van der Waals surface area contributed by atoms with Crippen molar-refractivity contribution in [3.05, 3.63) is 54.1 Å². The first-order valence-corrected chi connectivity index (χ1v) is 6.39. The number of benzene rings is 2. The molecule has 2 rings (SSSR count). The molecule has 0 atom stereocenters. The molecule has 2 nitrogen and oxygen atoms in total. The fourth-order valence-electron chi connectivity index (χ4n) is 1.56. The smallest absolute Gasteiger partial charge is 0.142 e. The summed E-state index contributed by atoms with van der Waals surface area (Å²) in [7, 11) is 1.64. The van der Waals surface area contributed by atoms with E-state index in [4.69, 9.17) is 10.5 Å². The highest BCUT2D eigenvalue weighted by molar-refractivity contribution is 7.98. The van der Waals surface area contributed by atoms with Crippen molar-refractivity contribution in [3.63, 3.8) is 0 Å². The van der Waals surface area contributed by atoms with Crippen molar-refractivity contribution in [1.29, 1.82) is 0 Å². The Labute approximate surface area is 106 Å². The summed E-state index contributed by atoms with van der Waals surface area (Å²) in [5.41, 5.74) is 8.02. The lowest BCUT2D eigenvalue weighted by molar-refractivity contribution is 0.416. The summed E-state index contributed by atoms with van der Waals surface area (Å²) in [6, 6.07) is 16.2. The van der Waals surface area contributed by atoms with E-state index in [0.29, 0.717) is 0 Å². The van der Waals surface area contributed by atoms with E-state index in [9.17, 15) is 0 Å². The van der Waals surface area contributed by atoms with Gasteiger partial charge >= 0.3 is 0 Å². The quantitative estimate of drug-likeness (QED) is 0.660. The van der Waals surface area contributed by atoms with Crippen LogP contribution in [0, 0.1) is 0 Å². The van der Waals surface area contributed by atoms with Gasteiger partial charge < -0.3 is 10.5 Å². The molecule has 0 saturated heterocycles.